The second kappa shape index (κ2) is 8.52. The Hall–Kier alpha value is -3.74. The molecule has 2 aromatic carbocycles. The molecule has 0 fully saturated rings. The van der Waals surface area contributed by atoms with E-state index in [4.69, 9.17) is 4.74 Å². The number of aromatic nitrogens is 2. The standard InChI is InChI=1S/C22H22N4O3/c1-13-8-9-20(29-4)18(10-13)25-22-23-14(2)11-19(26-22)21(28)24-17-7-5-6-16(12-17)15(3)27/h5-12H,1-4H3,(H,24,28)(H,23,25,26). The number of carbonyl (C=O) groups is 2. The third kappa shape index (κ3) is 4.95. The maximum absolute atomic E-state index is 12.7. The van der Waals surface area contributed by atoms with E-state index in [-0.39, 0.29) is 17.4 Å². The van der Waals surface area contributed by atoms with Crippen LogP contribution in [-0.2, 0) is 0 Å². The highest BCUT2D eigenvalue weighted by atomic mass is 16.5. The molecule has 0 saturated carbocycles. The van der Waals surface area contributed by atoms with E-state index < -0.39 is 5.91 Å². The fourth-order valence-electron chi connectivity index (χ4n) is 2.79. The molecule has 148 valence electrons. The number of ketones is 1. The van der Waals surface area contributed by atoms with Crippen LogP contribution in [0, 0.1) is 13.8 Å². The van der Waals surface area contributed by atoms with Crippen LogP contribution in [0.5, 0.6) is 5.75 Å². The van der Waals surface area contributed by atoms with Crippen LogP contribution >= 0.6 is 0 Å². The van der Waals surface area contributed by atoms with Crippen LogP contribution in [0.3, 0.4) is 0 Å². The molecule has 0 aliphatic carbocycles. The number of ether oxygens (including phenoxy) is 1. The predicted octanol–water partition coefficient (Wildman–Crippen LogP) is 4.30. The fourth-order valence-corrected chi connectivity index (χ4v) is 2.79. The maximum atomic E-state index is 12.7. The number of anilines is 3. The molecule has 0 radical (unpaired) electrons. The molecule has 0 aliphatic rings. The predicted molar refractivity (Wildman–Crippen MR) is 112 cm³/mol. The first-order chi connectivity index (χ1) is 13.9. The highest BCUT2D eigenvalue weighted by molar-refractivity contribution is 6.04. The molecule has 1 aromatic heterocycles. The van der Waals surface area contributed by atoms with Crippen LogP contribution in [0.1, 0.15) is 39.0 Å². The van der Waals surface area contributed by atoms with Gasteiger partial charge in [-0.2, -0.15) is 0 Å². The van der Waals surface area contributed by atoms with E-state index in [1.165, 1.54) is 6.92 Å². The van der Waals surface area contributed by atoms with Gasteiger partial charge >= 0.3 is 0 Å². The molecule has 0 spiro atoms. The fraction of sp³-hybridized carbons (Fsp3) is 0.182. The molecule has 7 nitrogen and oxygen atoms in total. The van der Waals surface area contributed by atoms with Gasteiger partial charge in [0.15, 0.2) is 5.78 Å². The Bertz CT molecular complexity index is 1080. The van der Waals surface area contributed by atoms with E-state index >= 15 is 0 Å². The van der Waals surface area contributed by atoms with Crippen molar-refractivity contribution in [3.05, 3.63) is 71.0 Å². The number of aryl methyl sites for hydroxylation is 2. The summed E-state index contributed by atoms with van der Waals surface area (Å²) in [6, 6.07) is 14.1. The molecule has 0 saturated heterocycles. The molecule has 0 bridgehead atoms. The smallest absolute Gasteiger partial charge is 0.274 e. The summed E-state index contributed by atoms with van der Waals surface area (Å²) in [7, 11) is 1.58. The van der Waals surface area contributed by atoms with Gasteiger partial charge in [0.2, 0.25) is 5.95 Å². The molecule has 0 unspecified atom stereocenters. The first-order valence-electron chi connectivity index (χ1n) is 9.05. The summed E-state index contributed by atoms with van der Waals surface area (Å²) < 4.78 is 5.37. The summed E-state index contributed by atoms with van der Waals surface area (Å²) in [5, 5.41) is 5.89. The lowest BCUT2D eigenvalue weighted by atomic mass is 10.1. The minimum atomic E-state index is -0.393. The second-order valence-corrected chi connectivity index (χ2v) is 6.64. The summed E-state index contributed by atoms with van der Waals surface area (Å²) in [6.07, 6.45) is 0. The van der Waals surface area contributed by atoms with Crippen molar-refractivity contribution < 1.29 is 14.3 Å². The molecule has 0 atom stereocenters. The molecular formula is C22H22N4O3. The van der Waals surface area contributed by atoms with E-state index in [2.05, 4.69) is 20.6 Å². The number of benzene rings is 2. The summed E-state index contributed by atoms with van der Waals surface area (Å²) >= 11 is 0. The Morgan fingerprint density at radius 2 is 1.79 bits per heavy atom. The molecule has 3 rings (SSSR count). The van der Waals surface area contributed by atoms with E-state index in [1.54, 1.807) is 44.4 Å². The van der Waals surface area contributed by atoms with Gasteiger partial charge in [0.25, 0.3) is 5.91 Å². The highest BCUT2D eigenvalue weighted by Gasteiger charge is 2.13. The topological polar surface area (TPSA) is 93.2 Å². The van der Waals surface area contributed by atoms with Crippen molar-refractivity contribution in [3.8, 4) is 5.75 Å². The molecule has 29 heavy (non-hydrogen) atoms. The van der Waals surface area contributed by atoms with Crippen molar-refractivity contribution in [1.82, 2.24) is 9.97 Å². The molecule has 0 aliphatic heterocycles. The largest absolute Gasteiger partial charge is 0.495 e. The minimum Gasteiger partial charge on any atom is -0.495 e. The molecule has 3 aromatic rings. The van der Waals surface area contributed by atoms with Crippen molar-refractivity contribution in [3.63, 3.8) is 0 Å². The number of carbonyl (C=O) groups excluding carboxylic acids is 2. The summed E-state index contributed by atoms with van der Waals surface area (Å²) in [5.41, 5.74) is 3.64. The third-order valence-electron chi connectivity index (χ3n) is 4.22. The molecular weight excluding hydrogens is 368 g/mol. The van der Waals surface area contributed by atoms with Gasteiger partial charge in [-0.1, -0.05) is 18.2 Å². The van der Waals surface area contributed by atoms with Gasteiger partial charge in [-0.05, 0) is 56.7 Å². The Balaban J connectivity index is 1.85. The van der Waals surface area contributed by atoms with Crippen LogP contribution in [0.25, 0.3) is 0 Å². The van der Waals surface area contributed by atoms with Gasteiger partial charge in [0, 0.05) is 16.9 Å². The number of rotatable bonds is 6. The van der Waals surface area contributed by atoms with E-state index in [9.17, 15) is 9.59 Å². The molecule has 2 N–H and O–H groups in total. The average molecular weight is 390 g/mol. The number of methoxy groups -OCH3 is 1. The first kappa shape index (κ1) is 20.0. The maximum Gasteiger partial charge on any atom is 0.274 e. The van der Waals surface area contributed by atoms with Crippen LogP contribution in [0.2, 0.25) is 0 Å². The number of nitrogens with zero attached hydrogens (tertiary/aromatic N) is 2. The van der Waals surface area contributed by atoms with Crippen LogP contribution < -0.4 is 15.4 Å². The second-order valence-electron chi connectivity index (χ2n) is 6.64. The van der Waals surface area contributed by atoms with Crippen molar-refractivity contribution in [2.24, 2.45) is 0 Å². The van der Waals surface area contributed by atoms with Gasteiger partial charge in [0.05, 0.1) is 12.8 Å². The van der Waals surface area contributed by atoms with Crippen molar-refractivity contribution >= 4 is 29.0 Å². The number of amides is 1. The number of Topliss-reactive ketones (excluding diaryl/α,β-unsaturated/α-hetero) is 1. The highest BCUT2D eigenvalue weighted by Crippen LogP contribution is 2.27. The lowest BCUT2D eigenvalue weighted by Crippen LogP contribution is -2.16. The normalized spacial score (nSPS) is 10.3. The monoisotopic (exact) mass is 390 g/mol. The molecule has 1 amide bonds. The Morgan fingerprint density at radius 1 is 1.00 bits per heavy atom. The van der Waals surface area contributed by atoms with E-state index in [1.807, 2.05) is 25.1 Å². The van der Waals surface area contributed by atoms with E-state index in [0.717, 1.165) is 5.56 Å². The van der Waals surface area contributed by atoms with Gasteiger partial charge in [-0.15, -0.1) is 0 Å². The van der Waals surface area contributed by atoms with E-state index in [0.29, 0.717) is 28.4 Å². The lowest BCUT2D eigenvalue weighted by molar-refractivity contribution is 0.100. The molecule has 7 heteroatoms. The Kier molecular flexibility index (Phi) is 5.87. The lowest BCUT2D eigenvalue weighted by Gasteiger charge is -2.12. The average Bonchev–Trinajstić information content (AvgIpc) is 2.68. The number of hydrogen-bond donors (Lipinski definition) is 2. The minimum absolute atomic E-state index is 0.0717. The van der Waals surface area contributed by atoms with Crippen molar-refractivity contribution in [2.45, 2.75) is 20.8 Å². The SMILES string of the molecule is COc1ccc(C)cc1Nc1nc(C)cc(C(=O)Nc2cccc(C(C)=O)c2)n1. The zero-order valence-corrected chi connectivity index (χ0v) is 16.7. The Labute approximate surface area is 169 Å². The summed E-state index contributed by atoms with van der Waals surface area (Å²) in [5.74, 6) is 0.470. The first-order valence-corrected chi connectivity index (χ1v) is 9.05. The van der Waals surface area contributed by atoms with Gasteiger partial charge in [-0.25, -0.2) is 9.97 Å². The zero-order chi connectivity index (χ0) is 21.0. The zero-order valence-electron chi connectivity index (χ0n) is 16.7. The van der Waals surface area contributed by atoms with Crippen LogP contribution in [0.15, 0.2) is 48.5 Å². The Morgan fingerprint density at radius 3 is 2.52 bits per heavy atom. The third-order valence-corrected chi connectivity index (χ3v) is 4.22. The van der Waals surface area contributed by atoms with Crippen LogP contribution in [-0.4, -0.2) is 28.8 Å². The van der Waals surface area contributed by atoms with Gasteiger partial charge in [0.1, 0.15) is 11.4 Å². The van der Waals surface area contributed by atoms with Crippen molar-refractivity contribution in [1.29, 1.82) is 0 Å². The summed E-state index contributed by atoms with van der Waals surface area (Å²) in [6.45, 7) is 5.23. The van der Waals surface area contributed by atoms with Gasteiger partial charge < -0.3 is 15.4 Å². The van der Waals surface area contributed by atoms with Gasteiger partial charge in [-0.3, -0.25) is 9.59 Å². The van der Waals surface area contributed by atoms with Crippen molar-refractivity contribution in [2.75, 3.05) is 17.7 Å². The number of nitrogens with one attached hydrogen (secondary N) is 2. The van der Waals surface area contributed by atoms with Crippen LogP contribution in [0.4, 0.5) is 17.3 Å². The summed E-state index contributed by atoms with van der Waals surface area (Å²) in [4.78, 5) is 32.9. The molecule has 1 heterocycles. The quantitative estimate of drug-likeness (QED) is 0.610. The number of hydrogen-bond acceptors (Lipinski definition) is 6.